The van der Waals surface area contributed by atoms with Gasteiger partial charge in [-0.2, -0.15) is 0 Å². The minimum Gasteiger partial charge on any atom is -0.489 e. The largest absolute Gasteiger partial charge is 0.489 e. The first-order valence-corrected chi connectivity index (χ1v) is 20.2. The number of nitrogens with one attached hydrogen (secondary N) is 4. The zero-order chi connectivity index (χ0) is 48.5. The Morgan fingerprint density at radius 3 is 2.03 bits per heavy atom. The highest BCUT2D eigenvalue weighted by atomic mass is 16.6. The Balaban J connectivity index is 2.09. The van der Waals surface area contributed by atoms with Crippen LogP contribution in [-0.2, 0) is 44.5 Å². The average Bonchev–Trinajstić information content (AvgIpc) is 3.17. The Morgan fingerprint density at radius 2 is 1.42 bits per heavy atom. The van der Waals surface area contributed by atoms with Crippen molar-refractivity contribution in [3.63, 3.8) is 0 Å². The molecule has 3 atom stereocenters. The molecule has 356 valence electrons. The number of nitrogens with zero attached hydrogens (tertiary/aromatic N) is 1. The number of ether oxygens (including phenoxy) is 6. The number of carboxylic acids is 4. The van der Waals surface area contributed by atoms with Crippen LogP contribution in [0.15, 0.2) is 41.4 Å². The lowest BCUT2D eigenvalue weighted by Crippen LogP contribution is -2.45. The standard InChI is InChI=1S/C42H55N5O18/c1-41(2,3)64-39(58)46-38(47-40(59)65-42(4,5)6)45-26-14-13-25(33-34(26)63-37(57)24-12-8-7-10-23(24)11-9-16-62-33)32(52)29(22-44-28(36(55)56)21-31(50)51)61-19-18-60-17-15-43-27(35(53)54)20-30(48)49/h7-8,10,12-14,27-29,43-44H,9,11,15-22H2,1-6H3,(H,48,49)(H,50,51)(H,53,54)(H,55,56)(H2,45,46,47,58,59). The Bertz CT molecular complexity index is 2090. The lowest BCUT2D eigenvalue weighted by molar-refractivity contribution is -0.146. The molecule has 1 aliphatic heterocycles. The second-order valence-corrected chi connectivity index (χ2v) is 16.2. The van der Waals surface area contributed by atoms with Crippen LogP contribution >= 0.6 is 0 Å². The van der Waals surface area contributed by atoms with Gasteiger partial charge >= 0.3 is 42.0 Å². The number of alkyl carbamates (subject to hydrolysis) is 1. The number of aryl methyl sites for hydroxylation is 1. The number of hydrogen-bond acceptors (Lipinski definition) is 16. The number of hydrogen-bond donors (Lipinski definition) is 8. The number of benzene rings is 2. The third-order valence-corrected chi connectivity index (χ3v) is 8.50. The van der Waals surface area contributed by atoms with Gasteiger partial charge in [0.2, 0.25) is 5.96 Å². The maximum absolute atomic E-state index is 14.6. The molecule has 0 fully saturated rings. The summed E-state index contributed by atoms with van der Waals surface area (Å²) in [6.45, 7) is 8.19. The number of esters is 1. The Labute approximate surface area is 373 Å². The number of aliphatic imine (C=N–C) groups is 1. The summed E-state index contributed by atoms with van der Waals surface area (Å²) in [5, 5.41) is 47.3. The molecule has 0 aromatic heterocycles. The van der Waals surface area contributed by atoms with Crippen LogP contribution in [0, 0.1) is 0 Å². The summed E-state index contributed by atoms with van der Waals surface area (Å²) in [5.74, 6) is -8.76. The molecule has 0 aliphatic carbocycles. The van der Waals surface area contributed by atoms with Crippen molar-refractivity contribution in [3.05, 3.63) is 53.1 Å². The van der Waals surface area contributed by atoms with Crippen molar-refractivity contribution in [1.82, 2.24) is 16.0 Å². The van der Waals surface area contributed by atoms with E-state index in [0.717, 1.165) is 0 Å². The third kappa shape index (κ3) is 18.5. The minimum absolute atomic E-state index is 0.0574. The number of carboxylic acid groups (broad SMARTS) is 4. The van der Waals surface area contributed by atoms with Crippen LogP contribution < -0.4 is 30.7 Å². The number of ketones is 1. The van der Waals surface area contributed by atoms with Crippen LogP contribution in [0.4, 0.5) is 15.3 Å². The van der Waals surface area contributed by atoms with Crippen LogP contribution in [-0.4, -0.2) is 143 Å². The fraction of sp³-hybridized carbons (Fsp3) is 0.500. The predicted octanol–water partition coefficient (Wildman–Crippen LogP) is 3.08. The second-order valence-electron chi connectivity index (χ2n) is 16.2. The molecule has 2 aromatic rings. The molecule has 0 spiro atoms. The summed E-state index contributed by atoms with van der Waals surface area (Å²) in [5.41, 5.74) is -1.63. The van der Waals surface area contributed by atoms with Gasteiger partial charge in [0.1, 0.15) is 29.4 Å². The van der Waals surface area contributed by atoms with E-state index in [0.29, 0.717) is 18.4 Å². The van der Waals surface area contributed by atoms with E-state index in [1.54, 1.807) is 59.7 Å². The van der Waals surface area contributed by atoms with Crippen LogP contribution in [0.5, 0.6) is 11.5 Å². The van der Waals surface area contributed by atoms with Crippen molar-refractivity contribution in [3.8, 4) is 11.5 Å². The molecule has 0 saturated heterocycles. The van der Waals surface area contributed by atoms with Gasteiger partial charge in [-0.3, -0.25) is 29.3 Å². The maximum atomic E-state index is 14.6. The second kappa shape index (κ2) is 24.4. The zero-order valence-electron chi connectivity index (χ0n) is 36.7. The van der Waals surface area contributed by atoms with Crippen molar-refractivity contribution in [2.75, 3.05) is 44.8 Å². The van der Waals surface area contributed by atoms with Gasteiger partial charge in [-0.15, -0.1) is 4.99 Å². The first-order chi connectivity index (χ1) is 30.4. The summed E-state index contributed by atoms with van der Waals surface area (Å²) in [6.07, 6.45) is -4.64. The molecule has 65 heavy (non-hydrogen) atoms. The van der Waals surface area contributed by atoms with Crippen molar-refractivity contribution in [2.24, 2.45) is 4.99 Å². The summed E-state index contributed by atoms with van der Waals surface area (Å²) in [7, 11) is 0. The number of carbonyl (C=O) groups is 8. The van der Waals surface area contributed by atoms with Gasteiger partial charge in [0.25, 0.3) is 0 Å². The van der Waals surface area contributed by atoms with Gasteiger partial charge in [-0.1, -0.05) is 18.2 Å². The van der Waals surface area contributed by atoms with E-state index >= 15 is 0 Å². The highest BCUT2D eigenvalue weighted by molar-refractivity contribution is 6.09. The topological polar surface area (TPSA) is 333 Å². The lowest BCUT2D eigenvalue weighted by Gasteiger charge is -2.24. The van der Waals surface area contributed by atoms with E-state index in [1.807, 2.05) is 0 Å². The summed E-state index contributed by atoms with van der Waals surface area (Å²) in [4.78, 5) is 104. The molecule has 0 radical (unpaired) electrons. The number of amides is 2. The number of Topliss-reactive ketones (excluding diaryl/α,β-unsaturated/α-hetero) is 1. The monoisotopic (exact) mass is 917 g/mol. The van der Waals surface area contributed by atoms with Gasteiger partial charge in [-0.25, -0.2) is 14.4 Å². The quantitative estimate of drug-likeness (QED) is 0.0236. The van der Waals surface area contributed by atoms with E-state index in [4.69, 9.17) is 33.5 Å². The first kappa shape index (κ1) is 52.7. The lowest BCUT2D eigenvalue weighted by atomic mass is 10.0. The van der Waals surface area contributed by atoms with Crippen molar-refractivity contribution < 1.29 is 87.2 Å². The summed E-state index contributed by atoms with van der Waals surface area (Å²) in [6, 6.07) is 6.03. The Morgan fingerprint density at radius 1 is 0.785 bits per heavy atom. The number of aliphatic carboxylic acids is 4. The fourth-order valence-electron chi connectivity index (χ4n) is 5.76. The number of rotatable bonds is 20. The highest BCUT2D eigenvalue weighted by Crippen LogP contribution is 2.41. The molecule has 1 heterocycles. The number of anilines is 1. The van der Waals surface area contributed by atoms with E-state index in [-0.39, 0.29) is 55.5 Å². The normalized spacial score (nSPS) is 14.4. The molecule has 3 unspecified atom stereocenters. The Hall–Kier alpha value is -6.69. The third-order valence-electron chi connectivity index (χ3n) is 8.50. The Kier molecular flexibility index (Phi) is 19.8. The highest BCUT2D eigenvalue weighted by Gasteiger charge is 2.32. The smallest absolute Gasteiger partial charge is 0.437 e. The van der Waals surface area contributed by atoms with E-state index in [9.17, 15) is 53.7 Å². The zero-order valence-corrected chi connectivity index (χ0v) is 36.7. The summed E-state index contributed by atoms with van der Waals surface area (Å²) < 4.78 is 34.1. The molecule has 2 amide bonds. The van der Waals surface area contributed by atoms with Gasteiger partial charge in [0.15, 0.2) is 17.3 Å². The van der Waals surface area contributed by atoms with Gasteiger partial charge < -0.3 is 64.8 Å². The van der Waals surface area contributed by atoms with Crippen LogP contribution in [0.25, 0.3) is 0 Å². The van der Waals surface area contributed by atoms with Gasteiger partial charge in [0, 0.05) is 13.1 Å². The maximum Gasteiger partial charge on any atom is 0.437 e. The average molecular weight is 918 g/mol. The van der Waals surface area contributed by atoms with E-state index < -0.39 is 108 Å². The molecule has 23 heteroatoms. The van der Waals surface area contributed by atoms with Gasteiger partial charge in [-0.05, 0) is 78.1 Å². The molecule has 8 N–H and O–H groups in total. The molecular formula is C42H55N5O18. The molecule has 1 aliphatic rings. The predicted molar refractivity (Wildman–Crippen MR) is 227 cm³/mol. The SMILES string of the molecule is CC(C)(C)OC(=O)N=C(NC(=O)OC(C)(C)C)Nc1ccc(C(=O)C(CNC(CC(=O)O)C(=O)O)OCCOCCNC(CC(=O)O)C(=O)O)c2c1OC(=O)c1ccccc1CCCO2. The first-order valence-electron chi connectivity index (χ1n) is 20.2. The molecule has 0 bridgehead atoms. The van der Waals surface area contributed by atoms with E-state index in [1.165, 1.54) is 18.2 Å². The summed E-state index contributed by atoms with van der Waals surface area (Å²) >= 11 is 0. The molecule has 0 saturated carbocycles. The van der Waals surface area contributed by atoms with Crippen molar-refractivity contribution >= 4 is 59.5 Å². The van der Waals surface area contributed by atoms with Gasteiger partial charge in [0.05, 0.1) is 56.1 Å². The van der Waals surface area contributed by atoms with Crippen molar-refractivity contribution in [1.29, 1.82) is 0 Å². The fourth-order valence-corrected chi connectivity index (χ4v) is 5.76. The van der Waals surface area contributed by atoms with Crippen LogP contribution in [0.2, 0.25) is 0 Å². The van der Waals surface area contributed by atoms with Crippen molar-refractivity contribution in [2.45, 2.75) is 96.6 Å². The number of guanidine groups is 1. The molecule has 23 nitrogen and oxygen atoms in total. The van der Waals surface area contributed by atoms with E-state index in [2.05, 4.69) is 26.3 Å². The van der Waals surface area contributed by atoms with Crippen LogP contribution in [0.3, 0.4) is 0 Å². The molecular weight excluding hydrogens is 862 g/mol. The molecule has 2 aromatic carbocycles. The molecule has 3 rings (SSSR count). The number of carbonyl (C=O) groups excluding carboxylic acids is 4. The van der Waals surface area contributed by atoms with Crippen LogP contribution in [0.1, 0.15) is 87.1 Å². The number of fused-ring (bicyclic) bond motifs is 2. The minimum atomic E-state index is -1.67.